The van der Waals surface area contributed by atoms with Crippen LogP contribution in [0.2, 0.25) is 0 Å². The van der Waals surface area contributed by atoms with Gasteiger partial charge in [-0.2, -0.15) is 0 Å². The first-order valence-corrected chi connectivity index (χ1v) is 39.8. The van der Waals surface area contributed by atoms with Crippen LogP contribution in [0.3, 0.4) is 0 Å². The molecule has 0 spiro atoms. The minimum atomic E-state index is -1.96. The molecular formula is C73H116N20O22. The van der Waals surface area contributed by atoms with Crippen LogP contribution in [0.5, 0.6) is 0 Å². The Bertz CT molecular complexity index is 3620. The van der Waals surface area contributed by atoms with Gasteiger partial charge in [-0.05, 0) is 148 Å². The molecule has 0 saturated carbocycles. The molecule has 0 aromatic carbocycles. The highest BCUT2D eigenvalue weighted by molar-refractivity contribution is 6.02. The molecule has 7 fully saturated rings. The Labute approximate surface area is 665 Å². The van der Waals surface area contributed by atoms with Crippen LogP contribution in [0.4, 0.5) is 0 Å². The molecule has 640 valence electrons. The Morgan fingerprint density at radius 1 is 0.417 bits per heavy atom. The number of carboxylic acid groups (broad SMARTS) is 1. The largest absolute Gasteiger partial charge is 0.481 e. The number of esters is 1. The number of likely N-dealkylation sites (tertiary alicyclic amines) is 7. The SMILES string of the molecule is CC(=O)N[C@@H](C)C(=O)N1CCC[C@H]1C(=O)N1CCC[C@H]1C(=O)N1CCC[C@H]1C(=O)N[C@@H](CC(C)C)C(=O)N1CCC[C@H]1C(=O)N[C@@H](CCCN=C(N)N)C(=O)N[C@@H](CCCCN)C(=O)N[C@@H](COC(C)=O)C(=O)N[C@@H](CC(=O)O)C(=O)N1CCC[C@H]1C(=O)N1CCC[C@H]1C(=O)N[C@@H](CO)C(=O)N1CCC[C@H]1C(=O)N[C@@H](CO)C(N)=O. The second-order valence-electron chi connectivity index (χ2n) is 30.7. The lowest BCUT2D eigenvalue weighted by Gasteiger charge is -2.35. The summed E-state index contributed by atoms with van der Waals surface area (Å²) in [5.41, 5.74) is 22.3. The lowest BCUT2D eigenvalue weighted by molar-refractivity contribution is -0.151. The standard InChI is InChI=1S/C73H116N20O22/c1-39(2)34-45(83-63(105)52-20-11-29-89(52)71(113)56-24-15-33-93(56)72(114)54-22-13-31-91(54)66(108)40(3)79-41(4)96)67(109)87-27-9-18-50(87)62(104)81-44(17-8-26-78-73(76)77)59(101)80-43(16-6-7-25-74)60(102)86-49(38-115-42(5)97)61(103)82-46(35-57(98)99)68(110)92-32-14-23-55(92)70(112)90-30-12-21-53(90)65(107)85-48(37-95)69(111)88-28-10-19-51(88)64(106)84-47(36-94)58(75)100/h39-40,43-56,94-95H,6-38,74H2,1-5H3,(H2,75,100)(H,79,96)(H,80,101)(H,81,104)(H,82,103)(H,83,105)(H,84,106)(H,85,107)(H,86,102)(H,98,99)(H4,76,77,78)/t40-,43-,44-,45-,46-,47-,48-,49-,50-,51-,52-,53-,54-,55-,56-/m0/s1. The third kappa shape index (κ3) is 24.6. The summed E-state index contributed by atoms with van der Waals surface area (Å²) in [6, 6.07) is -19.8. The van der Waals surface area contributed by atoms with Crippen molar-refractivity contribution < 1.29 is 106 Å². The number of carbonyl (C=O) groups is 18. The van der Waals surface area contributed by atoms with Crippen LogP contribution in [0.15, 0.2) is 4.99 Å². The fourth-order valence-corrected chi connectivity index (χ4v) is 16.1. The number of aliphatic hydroxyl groups is 2. The van der Waals surface area contributed by atoms with Gasteiger partial charge in [-0.15, -0.1) is 0 Å². The molecule has 0 aliphatic carbocycles. The fraction of sp³-hybridized carbons (Fsp3) is 0.740. The molecule has 7 rings (SSSR count). The number of nitrogens with one attached hydrogen (secondary N) is 8. The van der Waals surface area contributed by atoms with Crippen molar-refractivity contribution in [3.63, 3.8) is 0 Å². The minimum absolute atomic E-state index is 0.00727. The fourth-order valence-electron chi connectivity index (χ4n) is 16.1. The van der Waals surface area contributed by atoms with Gasteiger partial charge in [0, 0.05) is 66.2 Å². The van der Waals surface area contributed by atoms with E-state index < -0.39 is 223 Å². The number of unbranched alkanes of at least 4 members (excludes halogenated alkanes) is 1. The van der Waals surface area contributed by atoms with E-state index >= 15 is 0 Å². The van der Waals surface area contributed by atoms with Crippen LogP contribution in [0.25, 0.3) is 0 Å². The number of carboxylic acids is 1. The monoisotopic (exact) mass is 1620 g/mol. The summed E-state index contributed by atoms with van der Waals surface area (Å²) in [4.78, 5) is 262. The lowest BCUT2D eigenvalue weighted by atomic mass is 10.0. The summed E-state index contributed by atoms with van der Waals surface area (Å²) in [5, 5.41) is 50.4. The smallest absolute Gasteiger partial charge is 0.305 e. The average molecular weight is 1630 g/mol. The summed E-state index contributed by atoms with van der Waals surface area (Å²) in [5.74, 6) is -15.4. The topological polar surface area (TPSA) is 613 Å². The molecule has 0 aromatic heterocycles. The van der Waals surface area contributed by atoms with Gasteiger partial charge in [0.15, 0.2) is 5.96 Å². The highest BCUT2D eigenvalue weighted by Gasteiger charge is 2.50. The maximum Gasteiger partial charge on any atom is 0.305 e. The Balaban J connectivity index is 1.02. The van der Waals surface area contributed by atoms with Gasteiger partial charge in [-0.3, -0.25) is 91.3 Å². The summed E-state index contributed by atoms with van der Waals surface area (Å²) < 4.78 is 5.18. The second-order valence-corrected chi connectivity index (χ2v) is 30.7. The number of hydrogen-bond acceptors (Lipinski definition) is 23. The number of primary amides is 1. The van der Waals surface area contributed by atoms with E-state index in [9.17, 15) is 102 Å². The Hall–Kier alpha value is -10.4. The van der Waals surface area contributed by atoms with Crippen molar-refractivity contribution >= 4 is 112 Å². The molecule has 19 N–H and O–H groups in total. The first kappa shape index (κ1) is 91.8. The van der Waals surface area contributed by atoms with Crippen molar-refractivity contribution in [2.24, 2.45) is 33.8 Å². The first-order chi connectivity index (χ1) is 54.6. The maximum absolute atomic E-state index is 14.9. The number of nitrogens with zero attached hydrogens (tertiary/aromatic N) is 8. The van der Waals surface area contributed by atoms with Crippen molar-refractivity contribution in [1.82, 2.24) is 76.8 Å². The summed E-state index contributed by atoms with van der Waals surface area (Å²) >= 11 is 0. The van der Waals surface area contributed by atoms with Crippen LogP contribution in [0.1, 0.15) is 169 Å². The van der Waals surface area contributed by atoms with E-state index in [1.54, 1.807) is 0 Å². The van der Waals surface area contributed by atoms with Gasteiger partial charge in [0.05, 0.1) is 19.6 Å². The quantitative estimate of drug-likeness (QED) is 0.0118. The number of aliphatic imine (C=N–C) groups is 1. The Morgan fingerprint density at radius 2 is 0.765 bits per heavy atom. The predicted octanol–water partition coefficient (Wildman–Crippen LogP) is -7.42. The number of ether oxygens (including phenoxy) is 1. The van der Waals surface area contributed by atoms with Gasteiger partial charge in [0.1, 0.15) is 97.2 Å². The molecule has 115 heavy (non-hydrogen) atoms. The number of guanidine groups is 1. The number of aliphatic carboxylic acids is 1. The number of carbonyl (C=O) groups excluding carboxylic acids is 17. The summed E-state index contributed by atoms with van der Waals surface area (Å²) in [7, 11) is 0. The maximum atomic E-state index is 14.9. The van der Waals surface area contributed by atoms with Crippen molar-refractivity contribution in [3.8, 4) is 0 Å². The molecule has 7 heterocycles. The highest BCUT2D eigenvalue weighted by atomic mass is 16.5. The zero-order valence-electron chi connectivity index (χ0n) is 66.1. The van der Waals surface area contributed by atoms with E-state index in [0.717, 1.165) is 16.7 Å². The van der Waals surface area contributed by atoms with Crippen molar-refractivity contribution in [2.75, 3.05) is 78.7 Å². The van der Waals surface area contributed by atoms with Gasteiger partial charge in [0.25, 0.3) is 0 Å². The third-order valence-electron chi connectivity index (χ3n) is 21.8. The number of aliphatic hydroxyl groups excluding tert-OH is 2. The van der Waals surface area contributed by atoms with Crippen LogP contribution >= 0.6 is 0 Å². The number of amides is 16. The van der Waals surface area contributed by atoms with Gasteiger partial charge in [-0.1, -0.05) is 13.8 Å². The number of rotatable bonds is 39. The number of nitrogens with two attached hydrogens (primary N) is 4. The van der Waals surface area contributed by atoms with E-state index in [1.807, 2.05) is 13.8 Å². The molecule has 7 aliphatic heterocycles. The van der Waals surface area contributed by atoms with Crippen molar-refractivity contribution in [1.29, 1.82) is 0 Å². The van der Waals surface area contributed by atoms with Crippen LogP contribution in [-0.2, 0) is 91.0 Å². The van der Waals surface area contributed by atoms with Crippen molar-refractivity contribution in [2.45, 2.75) is 260 Å². The zero-order valence-corrected chi connectivity index (χ0v) is 66.1. The third-order valence-corrected chi connectivity index (χ3v) is 21.8. The molecule has 42 heteroatoms. The second kappa shape index (κ2) is 43.4. The Morgan fingerprint density at radius 3 is 1.19 bits per heavy atom. The van der Waals surface area contributed by atoms with E-state index in [2.05, 4.69) is 47.5 Å². The molecule has 0 unspecified atom stereocenters. The van der Waals surface area contributed by atoms with Gasteiger partial charge in [0.2, 0.25) is 94.5 Å². The molecule has 42 nitrogen and oxygen atoms in total. The molecule has 15 atom stereocenters. The molecule has 7 saturated heterocycles. The molecule has 0 aromatic rings. The van der Waals surface area contributed by atoms with Crippen molar-refractivity contribution in [3.05, 3.63) is 0 Å². The highest BCUT2D eigenvalue weighted by Crippen LogP contribution is 2.32. The molecule has 16 amide bonds. The molecule has 0 radical (unpaired) electrons. The molecule has 0 bridgehead atoms. The molecule has 7 aliphatic rings. The minimum Gasteiger partial charge on any atom is -0.481 e. The van der Waals surface area contributed by atoms with Gasteiger partial charge in [-0.25, -0.2) is 0 Å². The predicted molar refractivity (Wildman–Crippen MR) is 404 cm³/mol. The van der Waals surface area contributed by atoms with Crippen LogP contribution < -0.4 is 65.5 Å². The molecular weight excluding hydrogens is 1510 g/mol. The summed E-state index contributed by atoms with van der Waals surface area (Å²) in [6.45, 7) is 5.51. The number of hydrogen-bond donors (Lipinski definition) is 15. The average Bonchev–Trinajstić information content (AvgIpc) is 1.66. The lowest BCUT2D eigenvalue weighted by Crippen LogP contribution is -2.61. The van der Waals surface area contributed by atoms with Gasteiger partial charge >= 0.3 is 11.9 Å². The van der Waals surface area contributed by atoms with E-state index in [1.165, 1.54) is 38.3 Å². The van der Waals surface area contributed by atoms with E-state index in [0.29, 0.717) is 57.9 Å². The normalized spacial score (nSPS) is 22.7. The van der Waals surface area contributed by atoms with Crippen LogP contribution in [0, 0.1) is 5.92 Å². The van der Waals surface area contributed by atoms with E-state index in [-0.39, 0.29) is 141 Å². The Kier molecular flexibility index (Phi) is 34.6. The first-order valence-electron chi connectivity index (χ1n) is 39.8. The van der Waals surface area contributed by atoms with E-state index in [4.69, 9.17) is 27.7 Å². The zero-order chi connectivity index (χ0) is 84.7. The summed E-state index contributed by atoms with van der Waals surface area (Å²) in [6.07, 6.45) is 3.01. The van der Waals surface area contributed by atoms with Gasteiger partial charge < -0.3 is 120 Å². The van der Waals surface area contributed by atoms with Crippen LogP contribution in [-0.4, -0.2) is 331 Å².